The number of hydrogen-bond acceptors (Lipinski definition) is 14. The largest absolute Gasteiger partial charge is 0.448 e. The Morgan fingerprint density at radius 3 is 1.91 bits per heavy atom. The number of nitrogens with zero attached hydrogens (tertiary/aromatic N) is 5. The van der Waals surface area contributed by atoms with Gasteiger partial charge in [0.1, 0.15) is 35.5 Å². The van der Waals surface area contributed by atoms with E-state index >= 15 is 0 Å². The van der Waals surface area contributed by atoms with Crippen LogP contribution in [0, 0.1) is 0 Å². The summed E-state index contributed by atoms with van der Waals surface area (Å²) < 4.78 is 7.63. The lowest BCUT2D eigenvalue weighted by Gasteiger charge is -2.49. The van der Waals surface area contributed by atoms with Crippen LogP contribution in [-0.4, -0.2) is 72.4 Å². The third kappa shape index (κ3) is 10.5. The van der Waals surface area contributed by atoms with Crippen molar-refractivity contribution in [3.05, 3.63) is 270 Å². The number of oxime groups is 1. The van der Waals surface area contributed by atoms with Crippen LogP contribution in [0.3, 0.4) is 0 Å². The Morgan fingerprint density at radius 2 is 1.35 bits per heavy atom. The van der Waals surface area contributed by atoms with Crippen LogP contribution in [0.4, 0.5) is 5.13 Å². The summed E-state index contributed by atoms with van der Waals surface area (Å²) >= 11 is 3.67. The number of fused-ring (bicyclic) bond motifs is 1. The van der Waals surface area contributed by atoms with Crippen molar-refractivity contribution < 1.29 is 24.0 Å². The molecule has 0 aliphatic carbocycles. The molecule has 3 N–H and O–H groups in total. The van der Waals surface area contributed by atoms with Gasteiger partial charge in [-0.2, -0.15) is 0 Å². The second-order valence-corrected chi connectivity index (χ2v) is 19.9. The highest BCUT2D eigenvalue weighted by molar-refractivity contribution is 8.02. The van der Waals surface area contributed by atoms with Crippen molar-refractivity contribution in [3.63, 3.8) is 0 Å². The first-order valence-electron chi connectivity index (χ1n) is 23.6. The maximum absolute atomic E-state index is 14.8. The van der Waals surface area contributed by atoms with Gasteiger partial charge in [-0.1, -0.05) is 199 Å². The van der Waals surface area contributed by atoms with Crippen LogP contribution in [0.5, 0.6) is 0 Å². The van der Waals surface area contributed by atoms with Gasteiger partial charge >= 0.3 is 17.1 Å². The summed E-state index contributed by atoms with van der Waals surface area (Å²) in [6, 6.07) is 56.8. The van der Waals surface area contributed by atoms with E-state index in [2.05, 4.69) is 62.4 Å². The molecule has 0 saturated carbocycles. The summed E-state index contributed by atoms with van der Waals surface area (Å²) in [5, 5.41) is 20.4. The molecule has 0 spiro atoms. The van der Waals surface area contributed by atoms with E-state index in [1.807, 2.05) is 146 Å². The summed E-state index contributed by atoms with van der Waals surface area (Å²) in [7, 11) is 1.32. The Bertz CT molecular complexity index is 3410. The third-order valence-electron chi connectivity index (χ3n) is 12.5. The second kappa shape index (κ2) is 22.7. The maximum Gasteiger partial charge on any atom is 0.356 e. The highest BCUT2D eigenvalue weighted by atomic mass is 32.2. The number of aromatic amines is 1. The van der Waals surface area contributed by atoms with Gasteiger partial charge in [-0.25, -0.2) is 14.9 Å². The molecule has 75 heavy (non-hydrogen) atoms. The van der Waals surface area contributed by atoms with Gasteiger partial charge in [-0.3, -0.25) is 28.6 Å². The van der Waals surface area contributed by atoms with E-state index in [9.17, 15) is 24.0 Å². The average molecular weight is 1050 g/mol. The fourth-order valence-electron chi connectivity index (χ4n) is 8.98. The topological polar surface area (TPSA) is 190 Å². The second-order valence-electron chi connectivity index (χ2n) is 17.1. The van der Waals surface area contributed by atoms with E-state index in [-0.39, 0.29) is 34.6 Å². The van der Waals surface area contributed by atoms with E-state index in [0.717, 1.165) is 34.0 Å². The van der Waals surface area contributed by atoms with E-state index in [1.165, 1.54) is 39.7 Å². The number of amides is 2. The molecule has 0 radical (unpaired) electrons. The van der Waals surface area contributed by atoms with Crippen LogP contribution in [0.25, 0.3) is 0 Å². The molecule has 1 fully saturated rings. The summed E-state index contributed by atoms with van der Waals surface area (Å²) in [6.45, 7) is 0.0924. The Kier molecular flexibility index (Phi) is 15.1. The molecule has 0 bridgehead atoms. The standard InChI is InChI=1S/C57H46N8O7S3/c1-71-63-45(44-36-75-55(58-44)60-57(41-26-14-5-15-27-41,42-28-16-6-17-29-42)43-30-18-7-19-31-43)49(66)59-46-51(68)65-47(54(70)72-48(38-22-10-3-11-23-38)39-24-12-4-13-25-39)40(35-74-53(46)65)32-33-73-56-62-61-50(67)52(69)64(56)34-37-20-8-2-9-21-37/h2-33,36,46,48,53H,34-35H2,1H3,(H,58,60)(H,59,66)(H,61,67). The number of β-lactam (4-membered cyclic amide) rings is 1. The van der Waals surface area contributed by atoms with Gasteiger partial charge in [0, 0.05) is 11.1 Å². The molecule has 6 aromatic carbocycles. The van der Waals surface area contributed by atoms with Crippen LogP contribution in [-0.2, 0) is 36.0 Å². The Labute approximate surface area is 443 Å². The number of benzene rings is 6. The van der Waals surface area contributed by atoms with Gasteiger partial charge in [-0.15, -0.1) is 28.2 Å². The molecule has 2 atom stereocenters. The number of thiazole rings is 1. The number of anilines is 1. The van der Waals surface area contributed by atoms with Crippen molar-refractivity contribution >= 4 is 63.5 Å². The molecule has 18 heteroatoms. The van der Waals surface area contributed by atoms with Gasteiger partial charge in [0.25, 0.3) is 11.8 Å². The predicted molar refractivity (Wildman–Crippen MR) is 291 cm³/mol. The van der Waals surface area contributed by atoms with E-state index in [4.69, 9.17) is 14.6 Å². The van der Waals surface area contributed by atoms with Gasteiger partial charge in [-0.05, 0) is 50.4 Å². The van der Waals surface area contributed by atoms with Crippen molar-refractivity contribution in [2.24, 2.45) is 5.16 Å². The molecule has 1 saturated heterocycles. The molecule has 8 aromatic rings. The van der Waals surface area contributed by atoms with Crippen molar-refractivity contribution in [2.45, 2.75) is 34.8 Å². The molecule has 2 aromatic heterocycles. The summed E-state index contributed by atoms with van der Waals surface area (Å²) in [5.41, 5.74) is 3.01. The van der Waals surface area contributed by atoms with Crippen LogP contribution in [0.15, 0.2) is 230 Å². The zero-order chi connectivity index (χ0) is 51.7. The Balaban J connectivity index is 0.938. The molecular formula is C57H46N8O7S3. The molecule has 10 rings (SSSR count). The minimum Gasteiger partial charge on any atom is -0.448 e. The molecule has 2 unspecified atom stereocenters. The molecule has 4 heterocycles. The van der Waals surface area contributed by atoms with Crippen molar-refractivity contribution in [1.29, 1.82) is 0 Å². The quantitative estimate of drug-likeness (QED) is 0.0142. The lowest BCUT2D eigenvalue weighted by atomic mass is 9.77. The molecule has 374 valence electrons. The lowest BCUT2D eigenvalue weighted by molar-refractivity contribution is -0.154. The molecule has 2 aliphatic rings. The fraction of sp³-hybridized carbons (Fsp3) is 0.123. The zero-order valence-electron chi connectivity index (χ0n) is 40.0. The summed E-state index contributed by atoms with van der Waals surface area (Å²) in [6.07, 6.45) is 0.820. The van der Waals surface area contributed by atoms with Crippen LogP contribution >= 0.6 is 34.9 Å². The molecular weight excluding hydrogens is 1000 g/mol. The zero-order valence-corrected chi connectivity index (χ0v) is 42.5. The highest BCUT2D eigenvalue weighted by Gasteiger charge is 2.55. The van der Waals surface area contributed by atoms with Crippen LogP contribution < -0.4 is 21.8 Å². The Morgan fingerprint density at radius 1 is 0.800 bits per heavy atom. The number of hydrogen-bond donors (Lipinski definition) is 3. The van der Waals surface area contributed by atoms with Crippen molar-refractivity contribution in [2.75, 3.05) is 18.2 Å². The van der Waals surface area contributed by atoms with Crippen molar-refractivity contribution in [1.82, 2.24) is 30.0 Å². The first-order chi connectivity index (χ1) is 36.7. The minimum atomic E-state index is -1.08. The normalized spacial score (nSPS) is 15.6. The highest BCUT2D eigenvalue weighted by Crippen LogP contribution is 2.43. The first kappa shape index (κ1) is 50.0. The molecule has 15 nitrogen and oxygen atoms in total. The number of H-pyrrole nitrogens is 1. The van der Waals surface area contributed by atoms with Gasteiger partial charge in [0.15, 0.2) is 22.1 Å². The monoisotopic (exact) mass is 1050 g/mol. The number of nitrogens with one attached hydrogen (secondary N) is 3. The number of aromatic nitrogens is 4. The maximum atomic E-state index is 14.8. The predicted octanol–water partition coefficient (Wildman–Crippen LogP) is 8.48. The summed E-state index contributed by atoms with van der Waals surface area (Å²) in [4.78, 5) is 80.7. The van der Waals surface area contributed by atoms with Gasteiger partial charge < -0.3 is 20.2 Å². The van der Waals surface area contributed by atoms with Gasteiger partial charge in [0.2, 0.25) is 0 Å². The fourth-order valence-corrected chi connectivity index (χ4v) is 11.8. The van der Waals surface area contributed by atoms with Crippen molar-refractivity contribution in [3.8, 4) is 0 Å². The van der Waals surface area contributed by atoms with Crippen LogP contribution in [0.1, 0.15) is 45.2 Å². The Hall–Kier alpha value is -8.58. The van der Waals surface area contributed by atoms with Gasteiger partial charge in [0.05, 0.1) is 6.54 Å². The number of rotatable bonds is 18. The minimum absolute atomic E-state index is 0.0150. The van der Waals surface area contributed by atoms with E-state index in [1.54, 1.807) is 16.9 Å². The smallest absolute Gasteiger partial charge is 0.356 e. The number of carbonyl (C=O) groups is 3. The summed E-state index contributed by atoms with van der Waals surface area (Å²) in [5.74, 6) is -1.83. The number of esters is 1. The SMILES string of the molecule is CON=C(C(=O)NC1C(=O)N2C(C(=O)OC(c3ccccc3)c3ccccc3)=C(C=CSc3n[nH]c(=O)c(=O)n3Cc3ccccc3)CSC12)c1csc(NC(c2ccccc2)(c2ccccc2)c2ccccc2)n1. The first-order valence-corrected chi connectivity index (χ1v) is 26.4. The lowest BCUT2D eigenvalue weighted by Crippen LogP contribution is -2.71. The third-order valence-corrected chi connectivity index (χ3v) is 15.4. The van der Waals surface area contributed by atoms with Crippen LogP contribution in [0.2, 0.25) is 0 Å². The average Bonchev–Trinajstić information content (AvgIpc) is 3.93. The molecule has 2 aliphatic heterocycles. The number of allylic oxidation sites excluding steroid dienone is 1. The molecule has 2 amide bonds. The number of ether oxygens (including phenoxy) is 1. The number of carbonyl (C=O) groups excluding carboxylic acids is 3. The van der Waals surface area contributed by atoms with E-state index in [0.29, 0.717) is 21.8 Å². The number of thioether (sulfide) groups is 2. The van der Waals surface area contributed by atoms with E-state index < -0.39 is 52.0 Å².